The van der Waals surface area contributed by atoms with E-state index < -0.39 is 0 Å². The molecule has 0 amide bonds. The summed E-state index contributed by atoms with van der Waals surface area (Å²) >= 11 is 0. The highest BCUT2D eigenvalue weighted by Crippen LogP contribution is 2.69. The molecule has 5 atom stereocenters. The average molecular weight is 332 g/mol. The molecule has 3 saturated carbocycles. The van der Waals surface area contributed by atoms with Crippen molar-refractivity contribution in [1.29, 1.82) is 0 Å². The molecule has 3 fully saturated rings. The second-order valence-electron chi connectivity index (χ2n) is 9.56. The van der Waals surface area contributed by atoms with E-state index in [1.54, 1.807) is 0 Å². The summed E-state index contributed by atoms with van der Waals surface area (Å²) in [5.41, 5.74) is 0.731. The molecule has 4 nitrogen and oxygen atoms in total. The lowest BCUT2D eigenvalue weighted by atomic mass is 9.49. The molecule has 0 aromatic carbocycles. The zero-order valence-corrected chi connectivity index (χ0v) is 15.4. The van der Waals surface area contributed by atoms with Gasteiger partial charge < -0.3 is 14.4 Å². The lowest BCUT2D eigenvalue weighted by Crippen LogP contribution is -2.54. The van der Waals surface area contributed by atoms with Gasteiger partial charge in [0.05, 0.1) is 25.1 Å². The monoisotopic (exact) mass is 332 g/mol. The van der Waals surface area contributed by atoms with Crippen LogP contribution in [-0.4, -0.2) is 33.5 Å². The summed E-state index contributed by atoms with van der Waals surface area (Å²) in [5.74, 6) is 0.740. The van der Waals surface area contributed by atoms with Gasteiger partial charge in [-0.3, -0.25) is 0 Å². The molecule has 1 spiro atoms. The van der Waals surface area contributed by atoms with Crippen molar-refractivity contribution in [3.8, 4) is 0 Å². The van der Waals surface area contributed by atoms with Gasteiger partial charge in [0.1, 0.15) is 0 Å². The fourth-order valence-corrected chi connectivity index (χ4v) is 6.46. The van der Waals surface area contributed by atoms with Gasteiger partial charge in [-0.25, -0.2) is 4.98 Å². The van der Waals surface area contributed by atoms with Crippen LogP contribution in [0.5, 0.6) is 0 Å². The maximum absolute atomic E-state index is 10.6. The normalized spacial score (nSPS) is 43.6. The highest BCUT2D eigenvalue weighted by atomic mass is 16.5. The first kappa shape index (κ1) is 16.6. The first-order valence-electron chi connectivity index (χ1n) is 9.61. The summed E-state index contributed by atoms with van der Waals surface area (Å²) in [7, 11) is 0. The molecule has 0 unspecified atom stereocenters. The van der Waals surface area contributed by atoms with Gasteiger partial charge in [-0.1, -0.05) is 20.8 Å². The van der Waals surface area contributed by atoms with Gasteiger partial charge in [-0.2, -0.15) is 0 Å². The average Bonchev–Trinajstić information content (AvgIpc) is 3.09. The first-order chi connectivity index (χ1) is 11.4. The van der Waals surface area contributed by atoms with Crippen molar-refractivity contribution in [3.63, 3.8) is 0 Å². The van der Waals surface area contributed by atoms with Gasteiger partial charge >= 0.3 is 0 Å². The molecule has 0 radical (unpaired) electrons. The Morgan fingerprint density at radius 1 is 1.25 bits per heavy atom. The van der Waals surface area contributed by atoms with Crippen molar-refractivity contribution in [2.45, 2.75) is 78.0 Å². The van der Waals surface area contributed by atoms with Crippen LogP contribution >= 0.6 is 0 Å². The van der Waals surface area contributed by atoms with Crippen LogP contribution in [0.2, 0.25) is 0 Å². The highest BCUT2D eigenvalue weighted by molar-refractivity contribution is 5.14. The summed E-state index contributed by atoms with van der Waals surface area (Å²) in [6.45, 7) is 8.81. The largest absolute Gasteiger partial charge is 0.393 e. The number of hydrogen-bond donors (Lipinski definition) is 1. The Labute approximate surface area is 145 Å². The maximum Gasteiger partial charge on any atom is 0.0946 e. The number of aliphatic hydroxyl groups is 1. The van der Waals surface area contributed by atoms with E-state index in [2.05, 4.69) is 30.3 Å². The third-order valence-electron chi connectivity index (χ3n) is 7.64. The fraction of sp³-hybridized carbons (Fsp3) is 0.850. The molecule has 24 heavy (non-hydrogen) atoms. The van der Waals surface area contributed by atoms with Crippen LogP contribution in [-0.2, 0) is 11.3 Å². The van der Waals surface area contributed by atoms with Crippen molar-refractivity contribution in [3.05, 3.63) is 18.7 Å². The Morgan fingerprint density at radius 3 is 2.83 bits per heavy atom. The number of hydrogen-bond acceptors (Lipinski definition) is 3. The zero-order valence-electron chi connectivity index (χ0n) is 15.4. The highest BCUT2D eigenvalue weighted by Gasteiger charge is 2.65. The third kappa shape index (κ3) is 2.45. The molecular formula is C20H32N2O2. The molecule has 1 aromatic heterocycles. The minimum atomic E-state index is -0.126. The SMILES string of the molecule is CC1(C)C[C@H](OCCn2ccnc2)[C@]23CC[C@@H](O)[C@](C)(CC[C@@H]12)C3. The molecule has 1 N–H and O–H groups in total. The molecule has 1 heterocycles. The Kier molecular flexibility index (Phi) is 3.85. The van der Waals surface area contributed by atoms with E-state index in [-0.39, 0.29) is 16.9 Å². The third-order valence-corrected chi connectivity index (χ3v) is 7.64. The molecule has 4 heteroatoms. The van der Waals surface area contributed by atoms with E-state index in [9.17, 15) is 5.11 Å². The van der Waals surface area contributed by atoms with E-state index in [4.69, 9.17) is 4.74 Å². The van der Waals surface area contributed by atoms with Crippen LogP contribution in [0.1, 0.15) is 59.3 Å². The van der Waals surface area contributed by atoms with Gasteiger partial charge in [0.25, 0.3) is 0 Å². The number of aliphatic hydroxyl groups excluding tert-OH is 1. The van der Waals surface area contributed by atoms with E-state index in [1.165, 1.54) is 12.8 Å². The van der Waals surface area contributed by atoms with Gasteiger partial charge in [0.15, 0.2) is 0 Å². The minimum absolute atomic E-state index is 0.0983. The van der Waals surface area contributed by atoms with Crippen LogP contribution in [0.3, 0.4) is 0 Å². The lowest BCUT2D eigenvalue weighted by Gasteiger charge is -2.58. The van der Waals surface area contributed by atoms with E-state index >= 15 is 0 Å². The molecule has 3 aliphatic carbocycles. The van der Waals surface area contributed by atoms with Gasteiger partial charge in [-0.05, 0) is 55.3 Å². The summed E-state index contributed by atoms with van der Waals surface area (Å²) in [6.07, 6.45) is 12.7. The van der Waals surface area contributed by atoms with Crippen molar-refractivity contribution >= 4 is 0 Å². The number of imidazole rings is 1. The van der Waals surface area contributed by atoms with Crippen molar-refractivity contribution < 1.29 is 9.84 Å². The van der Waals surface area contributed by atoms with Crippen LogP contribution in [0, 0.1) is 22.2 Å². The number of fused-ring (bicyclic) bond motifs is 1. The molecular weight excluding hydrogens is 300 g/mol. The quantitative estimate of drug-likeness (QED) is 0.915. The van der Waals surface area contributed by atoms with Crippen molar-refractivity contribution in [2.24, 2.45) is 22.2 Å². The minimum Gasteiger partial charge on any atom is -0.393 e. The van der Waals surface area contributed by atoms with Crippen molar-refractivity contribution in [1.82, 2.24) is 9.55 Å². The zero-order chi connectivity index (χ0) is 17.0. The van der Waals surface area contributed by atoms with Gasteiger partial charge in [-0.15, -0.1) is 0 Å². The lowest BCUT2D eigenvalue weighted by molar-refractivity contribution is -0.156. The summed E-state index contributed by atoms with van der Waals surface area (Å²) in [6, 6.07) is 0. The fourth-order valence-electron chi connectivity index (χ4n) is 6.46. The number of ether oxygens (including phenoxy) is 1. The van der Waals surface area contributed by atoms with E-state index in [0.29, 0.717) is 11.5 Å². The van der Waals surface area contributed by atoms with Crippen LogP contribution < -0.4 is 0 Å². The predicted octanol–water partition coefficient (Wildman–Crippen LogP) is 3.65. The second-order valence-corrected chi connectivity index (χ2v) is 9.56. The number of nitrogens with zero attached hydrogens (tertiary/aromatic N) is 2. The Hall–Kier alpha value is -0.870. The Morgan fingerprint density at radius 2 is 2.08 bits per heavy atom. The van der Waals surface area contributed by atoms with E-state index in [1.807, 2.05) is 18.7 Å². The molecule has 4 rings (SSSR count). The number of rotatable bonds is 4. The van der Waals surface area contributed by atoms with Crippen LogP contribution in [0.15, 0.2) is 18.7 Å². The summed E-state index contributed by atoms with van der Waals surface area (Å²) < 4.78 is 8.60. The summed E-state index contributed by atoms with van der Waals surface area (Å²) in [5, 5.41) is 10.6. The van der Waals surface area contributed by atoms with Crippen LogP contribution in [0.4, 0.5) is 0 Å². The summed E-state index contributed by atoms with van der Waals surface area (Å²) in [4.78, 5) is 4.11. The molecule has 1 aromatic rings. The first-order valence-corrected chi connectivity index (χ1v) is 9.61. The topological polar surface area (TPSA) is 47.3 Å². The molecule has 3 aliphatic rings. The Bertz CT molecular complexity index is 584. The standard InChI is InChI=1S/C20H32N2O2/c1-18(2)12-17(24-11-10-22-9-8-21-14-22)20-7-5-16(23)19(3,13-20)6-4-15(18)20/h8-9,14-17,23H,4-7,10-13H2,1-3H3/t15-,16+,17-,19+,20-/m0/s1. The molecule has 0 aliphatic heterocycles. The van der Waals surface area contributed by atoms with Crippen molar-refractivity contribution in [2.75, 3.05) is 6.61 Å². The second kappa shape index (κ2) is 5.57. The van der Waals surface area contributed by atoms with Gasteiger partial charge in [0.2, 0.25) is 0 Å². The number of aromatic nitrogens is 2. The predicted molar refractivity (Wildman–Crippen MR) is 93.5 cm³/mol. The molecule has 134 valence electrons. The maximum atomic E-state index is 10.6. The molecule has 2 bridgehead atoms. The Balaban J connectivity index is 1.53. The van der Waals surface area contributed by atoms with Gasteiger partial charge in [0, 0.05) is 24.4 Å². The smallest absolute Gasteiger partial charge is 0.0946 e. The molecule has 0 saturated heterocycles. The van der Waals surface area contributed by atoms with E-state index in [0.717, 1.165) is 44.8 Å². The van der Waals surface area contributed by atoms with Crippen LogP contribution in [0.25, 0.3) is 0 Å².